The summed E-state index contributed by atoms with van der Waals surface area (Å²) in [5.74, 6) is -4.74. The fourth-order valence-electron chi connectivity index (χ4n) is 4.17. The summed E-state index contributed by atoms with van der Waals surface area (Å²) in [5.41, 5.74) is 0.633. The number of sulfonamides is 1. The number of amides is 1. The Morgan fingerprint density at radius 1 is 1.12 bits per heavy atom. The summed E-state index contributed by atoms with van der Waals surface area (Å²) in [6, 6.07) is 5.65. The van der Waals surface area contributed by atoms with Crippen LogP contribution in [-0.4, -0.2) is 56.4 Å². The molecule has 11 heteroatoms. The predicted octanol–water partition coefficient (Wildman–Crippen LogP) is 2.88. The highest BCUT2D eigenvalue weighted by molar-refractivity contribution is 7.89. The second-order valence-electron chi connectivity index (χ2n) is 7.75. The van der Waals surface area contributed by atoms with Crippen molar-refractivity contribution >= 4 is 15.9 Å². The number of carbonyl (C=O) groups excluding carboxylic acids is 1. The van der Waals surface area contributed by atoms with Crippen molar-refractivity contribution in [3.63, 3.8) is 0 Å². The lowest BCUT2D eigenvalue weighted by Gasteiger charge is -2.29. The molecule has 172 valence electrons. The number of nitrogens with one attached hydrogen (secondary N) is 1. The number of fused-ring (bicyclic) bond motifs is 5. The van der Waals surface area contributed by atoms with Crippen LogP contribution < -0.4 is 9.46 Å². The number of benzene rings is 2. The highest BCUT2D eigenvalue weighted by Crippen LogP contribution is 2.38. The molecule has 0 radical (unpaired) electrons. The fraction of sp³-hybridized carbons (Fsp3) is 0.381. The van der Waals surface area contributed by atoms with Crippen molar-refractivity contribution in [2.45, 2.75) is 30.8 Å². The average Bonchev–Trinajstić information content (AvgIpc) is 2.99. The van der Waals surface area contributed by atoms with Crippen molar-refractivity contribution in [1.82, 2.24) is 9.62 Å². The number of halogens is 4. The second-order valence-corrected chi connectivity index (χ2v) is 9.43. The van der Waals surface area contributed by atoms with Crippen molar-refractivity contribution in [2.24, 2.45) is 0 Å². The molecule has 6 nitrogen and oxygen atoms in total. The molecule has 2 aliphatic rings. The summed E-state index contributed by atoms with van der Waals surface area (Å²) < 4.78 is 88.7. The van der Waals surface area contributed by atoms with Gasteiger partial charge in [-0.05, 0) is 18.1 Å². The Kier molecular flexibility index (Phi) is 5.89. The smallest absolute Gasteiger partial charge is 0.283 e. The van der Waals surface area contributed by atoms with E-state index in [1.165, 1.54) is 18.2 Å². The summed E-state index contributed by atoms with van der Waals surface area (Å²) in [7, 11) is -4.67. The van der Waals surface area contributed by atoms with E-state index in [0.29, 0.717) is 11.3 Å². The lowest BCUT2D eigenvalue weighted by atomic mass is 9.94. The van der Waals surface area contributed by atoms with Crippen molar-refractivity contribution < 1.29 is 35.5 Å². The van der Waals surface area contributed by atoms with Crippen LogP contribution in [-0.2, 0) is 21.2 Å². The lowest BCUT2D eigenvalue weighted by Crippen LogP contribution is -2.52. The van der Waals surface area contributed by atoms with Gasteiger partial charge in [0.1, 0.15) is 17.6 Å². The molecule has 2 aromatic carbocycles. The van der Waals surface area contributed by atoms with Crippen LogP contribution in [0.2, 0.25) is 0 Å². The third kappa shape index (κ3) is 4.18. The van der Waals surface area contributed by atoms with Crippen molar-refractivity contribution in [3.05, 3.63) is 53.8 Å². The summed E-state index contributed by atoms with van der Waals surface area (Å²) in [5, 5.41) is 0. The zero-order valence-electron chi connectivity index (χ0n) is 16.7. The van der Waals surface area contributed by atoms with Crippen molar-refractivity contribution in [3.8, 4) is 16.9 Å². The van der Waals surface area contributed by atoms with E-state index >= 15 is 4.39 Å². The van der Waals surface area contributed by atoms with Gasteiger partial charge in [-0.1, -0.05) is 36.4 Å². The highest BCUT2D eigenvalue weighted by atomic mass is 32.2. The SMILES string of the molecule is O=C1CCOc2ccccc2-c2cccc(c2F)CC2C(NS(=O)(=O)CF)C(F)(F)CN12. The molecule has 1 fully saturated rings. The van der Waals surface area contributed by atoms with Crippen LogP contribution in [0.5, 0.6) is 5.75 Å². The van der Waals surface area contributed by atoms with Crippen molar-refractivity contribution in [2.75, 3.05) is 19.2 Å². The first-order valence-electron chi connectivity index (χ1n) is 9.86. The van der Waals surface area contributed by atoms with E-state index in [4.69, 9.17) is 4.74 Å². The average molecular weight is 472 g/mol. The van der Waals surface area contributed by atoms with Gasteiger partial charge < -0.3 is 9.64 Å². The van der Waals surface area contributed by atoms with Crippen LogP contribution in [0, 0.1) is 5.82 Å². The summed E-state index contributed by atoms with van der Waals surface area (Å²) in [4.78, 5) is 13.6. The Morgan fingerprint density at radius 2 is 1.84 bits per heavy atom. The van der Waals surface area contributed by atoms with Crippen molar-refractivity contribution in [1.29, 1.82) is 0 Å². The maximum Gasteiger partial charge on any atom is 0.283 e. The first-order chi connectivity index (χ1) is 15.1. The van der Waals surface area contributed by atoms with Gasteiger partial charge in [-0.25, -0.2) is 30.7 Å². The number of alkyl halides is 3. The topological polar surface area (TPSA) is 75.7 Å². The van der Waals surface area contributed by atoms with Gasteiger partial charge in [-0.3, -0.25) is 4.79 Å². The quantitative estimate of drug-likeness (QED) is 0.698. The zero-order valence-corrected chi connectivity index (χ0v) is 17.5. The number of nitrogens with zero attached hydrogens (tertiary/aromatic N) is 1. The molecule has 1 saturated heterocycles. The van der Waals surface area contributed by atoms with E-state index in [2.05, 4.69) is 0 Å². The molecular weight excluding hydrogens is 452 g/mol. The molecule has 2 atom stereocenters. The van der Waals surface area contributed by atoms with E-state index in [1.54, 1.807) is 29.0 Å². The highest BCUT2D eigenvalue weighted by Gasteiger charge is 2.57. The maximum absolute atomic E-state index is 15.5. The van der Waals surface area contributed by atoms with Crippen LogP contribution in [0.25, 0.3) is 11.1 Å². The number of hydrogen-bond acceptors (Lipinski definition) is 4. The van der Waals surface area contributed by atoms with Crippen LogP contribution in [0.3, 0.4) is 0 Å². The monoisotopic (exact) mass is 472 g/mol. The molecule has 1 N–H and O–H groups in total. The minimum Gasteiger partial charge on any atom is -0.492 e. The molecular formula is C21H20F4N2O4S. The van der Waals surface area contributed by atoms with Gasteiger partial charge in [-0.15, -0.1) is 0 Å². The van der Waals surface area contributed by atoms with Gasteiger partial charge in [-0.2, -0.15) is 0 Å². The molecule has 0 aliphatic carbocycles. The van der Waals surface area contributed by atoms with Gasteiger partial charge >= 0.3 is 0 Å². The third-order valence-electron chi connectivity index (χ3n) is 5.65. The molecule has 2 heterocycles. The van der Waals surface area contributed by atoms with Gasteiger partial charge in [0, 0.05) is 11.1 Å². The van der Waals surface area contributed by atoms with E-state index in [-0.39, 0.29) is 30.6 Å². The largest absolute Gasteiger partial charge is 0.492 e. The molecule has 1 amide bonds. The molecule has 0 aromatic heterocycles. The first-order valence-corrected chi connectivity index (χ1v) is 11.5. The lowest BCUT2D eigenvalue weighted by molar-refractivity contribution is -0.133. The zero-order chi connectivity index (χ0) is 23.1. The van der Waals surface area contributed by atoms with Crippen LogP contribution in [0.1, 0.15) is 12.0 Å². The van der Waals surface area contributed by atoms with E-state index in [0.717, 1.165) is 4.90 Å². The minimum atomic E-state index is -4.67. The molecule has 2 bridgehead atoms. The normalized spacial score (nSPS) is 22.9. The van der Waals surface area contributed by atoms with Gasteiger partial charge in [0.15, 0.2) is 0 Å². The van der Waals surface area contributed by atoms with Crippen LogP contribution >= 0.6 is 0 Å². The predicted molar refractivity (Wildman–Crippen MR) is 108 cm³/mol. The van der Waals surface area contributed by atoms with Gasteiger partial charge in [0.2, 0.25) is 21.9 Å². The number of ether oxygens (including phenoxy) is 1. The number of rotatable bonds is 3. The molecule has 2 aliphatic heterocycles. The minimum absolute atomic E-state index is 0.0165. The number of hydrogen-bond donors (Lipinski definition) is 1. The number of carbonyl (C=O) groups is 1. The van der Waals surface area contributed by atoms with E-state index in [9.17, 15) is 26.4 Å². The first kappa shape index (κ1) is 22.5. The Morgan fingerprint density at radius 3 is 2.59 bits per heavy atom. The van der Waals surface area contributed by atoms with Gasteiger partial charge in [0.25, 0.3) is 5.92 Å². The second kappa shape index (κ2) is 8.36. The standard InChI is InChI=1S/C21H20F4N2O4S/c22-12-32(29,30)26-20-16-10-13-4-3-6-15(19(13)23)14-5-1-2-7-17(14)31-9-8-18(28)27(16)11-21(20,24)25/h1-7,16,20,26H,8-12H2. The maximum atomic E-state index is 15.5. The molecule has 4 rings (SSSR count). The Bertz CT molecular complexity index is 1140. The molecule has 32 heavy (non-hydrogen) atoms. The molecule has 2 aromatic rings. The Balaban J connectivity index is 1.82. The molecule has 2 unspecified atom stereocenters. The van der Waals surface area contributed by atoms with Crippen LogP contribution in [0.15, 0.2) is 42.5 Å². The summed E-state index contributed by atoms with van der Waals surface area (Å²) in [6.07, 6.45) is -0.636. The number of para-hydroxylation sites is 1. The molecule has 0 spiro atoms. The third-order valence-corrected chi connectivity index (χ3v) is 6.55. The van der Waals surface area contributed by atoms with Crippen LogP contribution in [0.4, 0.5) is 17.6 Å². The Labute approximate surface area is 182 Å². The van der Waals surface area contributed by atoms with E-state index in [1.807, 2.05) is 0 Å². The Hall–Kier alpha value is -2.66. The fourth-order valence-corrected chi connectivity index (χ4v) is 4.95. The summed E-state index contributed by atoms with van der Waals surface area (Å²) in [6.45, 7) is -1.22. The molecule has 0 saturated carbocycles. The summed E-state index contributed by atoms with van der Waals surface area (Å²) >= 11 is 0. The van der Waals surface area contributed by atoms with E-state index < -0.39 is 52.3 Å². The van der Waals surface area contributed by atoms with Gasteiger partial charge in [0.05, 0.1) is 25.6 Å².